The van der Waals surface area contributed by atoms with Crippen LogP contribution in [-0.2, 0) is 0 Å². The highest BCUT2D eigenvalue weighted by molar-refractivity contribution is 4.90. The Morgan fingerprint density at radius 3 is 1.77 bits per heavy atom. The van der Waals surface area contributed by atoms with Crippen molar-refractivity contribution >= 4 is 0 Å². The van der Waals surface area contributed by atoms with Crippen molar-refractivity contribution in [3.8, 4) is 0 Å². The molecule has 0 aromatic heterocycles. The van der Waals surface area contributed by atoms with Crippen molar-refractivity contribution in [3.63, 3.8) is 0 Å². The second-order valence-electron chi connectivity index (χ2n) is 10.2. The van der Waals surface area contributed by atoms with Gasteiger partial charge in [0.15, 0.2) is 0 Å². The Hall–Kier alpha value is -0.0700. The lowest BCUT2D eigenvalue weighted by Crippen LogP contribution is -2.36. The number of alkyl halides is 1. The monoisotopic (exact) mass is 364 g/mol. The van der Waals surface area contributed by atoms with Gasteiger partial charge in [-0.2, -0.15) is 0 Å². The van der Waals surface area contributed by atoms with E-state index in [0.717, 1.165) is 24.2 Å². The maximum absolute atomic E-state index is 15.1. The first kappa shape index (κ1) is 20.7. The average Bonchev–Trinajstić information content (AvgIpc) is 2.68. The third-order valence-electron chi connectivity index (χ3n) is 8.58. The van der Waals surface area contributed by atoms with Crippen molar-refractivity contribution in [1.29, 1.82) is 0 Å². The zero-order valence-electron chi connectivity index (χ0n) is 17.7. The molecule has 3 aliphatic carbocycles. The van der Waals surface area contributed by atoms with E-state index in [1.54, 1.807) is 0 Å². The lowest BCUT2D eigenvalue weighted by molar-refractivity contribution is 0.0325. The molecule has 0 aromatic rings. The second kappa shape index (κ2) is 10.5. The van der Waals surface area contributed by atoms with Gasteiger partial charge in [-0.3, -0.25) is 0 Å². The van der Waals surface area contributed by atoms with Gasteiger partial charge in [0.05, 0.1) is 0 Å². The fourth-order valence-electron chi connectivity index (χ4n) is 6.88. The van der Waals surface area contributed by atoms with Gasteiger partial charge in [0, 0.05) is 0 Å². The Bertz CT molecular complexity index is 376. The molecular weight excluding hydrogens is 319 g/mol. The average molecular weight is 365 g/mol. The first-order chi connectivity index (χ1) is 12.7. The maximum atomic E-state index is 15.1. The summed E-state index contributed by atoms with van der Waals surface area (Å²) in [5.41, 5.74) is 0. The van der Waals surface area contributed by atoms with Crippen molar-refractivity contribution in [2.45, 2.75) is 123 Å². The lowest BCUT2D eigenvalue weighted by atomic mass is 9.64. The van der Waals surface area contributed by atoms with Gasteiger partial charge in [0.25, 0.3) is 0 Å². The molecule has 0 nitrogen and oxygen atoms in total. The Morgan fingerprint density at radius 1 is 0.615 bits per heavy atom. The quantitative estimate of drug-likeness (QED) is 0.426. The van der Waals surface area contributed by atoms with Crippen LogP contribution in [-0.4, -0.2) is 6.17 Å². The molecule has 0 N–H and O–H groups in total. The predicted molar refractivity (Wildman–Crippen MR) is 111 cm³/mol. The third kappa shape index (κ3) is 5.48. The number of halogens is 1. The zero-order chi connectivity index (χ0) is 18.4. The van der Waals surface area contributed by atoms with E-state index < -0.39 is 6.17 Å². The summed E-state index contributed by atoms with van der Waals surface area (Å²) in [5.74, 6) is 4.63. The summed E-state index contributed by atoms with van der Waals surface area (Å²) in [6.45, 7) is 4.62. The van der Waals surface area contributed by atoms with Crippen LogP contribution in [0.3, 0.4) is 0 Å². The summed E-state index contributed by atoms with van der Waals surface area (Å²) in [6, 6.07) is 0. The van der Waals surface area contributed by atoms with Crippen LogP contribution >= 0.6 is 0 Å². The summed E-state index contributed by atoms with van der Waals surface area (Å²) in [4.78, 5) is 0. The minimum Gasteiger partial charge on any atom is -0.247 e. The van der Waals surface area contributed by atoms with Crippen LogP contribution in [0.25, 0.3) is 0 Å². The van der Waals surface area contributed by atoms with E-state index in [9.17, 15) is 0 Å². The molecular formula is C25H45F. The van der Waals surface area contributed by atoms with Crippen LogP contribution in [0, 0.1) is 35.5 Å². The number of rotatable bonds is 7. The van der Waals surface area contributed by atoms with Crippen LogP contribution in [0.15, 0.2) is 0 Å². The fourth-order valence-corrected chi connectivity index (χ4v) is 6.88. The van der Waals surface area contributed by atoms with E-state index in [2.05, 4.69) is 13.8 Å². The molecule has 0 bridgehead atoms. The van der Waals surface area contributed by atoms with E-state index in [4.69, 9.17) is 0 Å². The van der Waals surface area contributed by atoms with Crippen LogP contribution in [0.4, 0.5) is 4.39 Å². The van der Waals surface area contributed by atoms with Crippen LogP contribution < -0.4 is 0 Å². The summed E-state index contributed by atoms with van der Waals surface area (Å²) in [5, 5.41) is 0. The molecule has 0 aliphatic heterocycles. The van der Waals surface area contributed by atoms with Crippen LogP contribution in [0.5, 0.6) is 0 Å². The van der Waals surface area contributed by atoms with E-state index in [0.29, 0.717) is 17.8 Å². The standard InChI is InChI=1S/C25H45F/c1-3-5-7-20-10-14-22(15-11-20)24-17-16-23(18-25(24)26)21-12-8-19(6-4-2)9-13-21/h19-25H,3-18H2,1-2H3. The smallest absolute Gasteiger partial charge is 0.103 e. The topological polar surface area (TPSA) is 0 Å². The molecule has 0 amide bonds. The Labute approximate surface area is 163 Å². The first-order valence-electron chi connectivity index (χ1n) is 12.3. The van der Waals surface area contributed by atoms with E-state index >= 15 is 4.39 Å². The number of hydrogen-bond acceptors (Lipinski definition) is 0. The molecule has 3 fully saturated rings. The van der Waals surface area contributed by atoms with E-state index in [1.807, 2.05) is 0 Å². The van der Waals surface area contributed by atoms with E-state index in [-0.39, 0.29) is 0 Å². The van der Waals surface area contributed by atoms with E-state index in [1.165, 1.54) is 96.3 Å². The van der Waals surface area contributed by atoms with Crippen molar-refractivity contribution in [3.05, 3.63) is 0 Å². The van der Waals surface area contributed by atoms with Crippen molar-refractivity contribution < 1.29 is 4.39 Å². The minimum atomic E-state index is -0.487. The van der Waals surface area contributed by atoms with Gasteiger partial charge in [-0.25, -0.2) is 4.39 Å². The molecule has 3 atom stereocenters. The number of hydrogen-bond donors (Lipinski definition) is 0. The Balaban J connectivity index is 1.40. The minimum absolute atomic E-state index is 0.412. The summed E-state index contributed by atoms with van der Waals surface area (Å²) < 4.78 is 15.1. The molecule has 3 aliphatic rings. The highest BCUT2D eigenvalue weighted by Gasteiger charge is 2.39. The Morgan fingerprint density at radius 2 is 1.19 bits per heavy atom. The number of unbranched alkanes of at least 4 members (excludes halogenated alkanes) is 1. The summed E-state index contributed by atoms with van der Waals surface area (Å²) >= 11 is 0. The van der Waals surface area contributed by atoms with Crippen LogP contribution in [0.2, 0.25) is 0 Å². The van der Waals surface area contributed by atoms with Gasteiger partial charge in [0.1, 0.15) is 6.17 Å². The second-order valence-corrected chi connectivity index (χ2v) is 10.2. The van der Waals surface area contributed by atoms with Crippen molar-refractivity contribution in [2.24, 2.45) is 35.5 Å². The molecule has 0 heterocycles. The van der Waals surface area contributed by atoms with Gasteiger partial charge in [-0.1, -0.05) is 71.6 Å². The van der Waals surface area contributed by atoms with Gasteiger partial charge < -0.3 is 0 Å². The first-order valence-corrected chi connectivity index (χ1v) is 12.3. The molecule has 3 rings (SSSR count). The Kier molecular flexibility index (Phi) is 8.32. The largest absolute Gasteiger partial charge is 0.247 e. The lowest BCUT2D eigenvalue weighted by Gasteiger charge is -2.43. The molecule has 26 heavy (non-hydrogen) atoms. The van der Waals surface area contributed by atoms with Crippen molar-refractivity contribution in [2.75, 3.05) is 0 Å². The molecule has 3 unspecified atom stereocenters. The molecule has 152 valence electrons. The SMILES string of the molecule is CCCCC1CCC(C2CCC(C3CCC(CCC)CC3)CC2F)CC1. The predicted octanol–water partition coefficient (Wildman–Crippen LogP) is 8.34. The normalized spacial score (nSPS) is 41.9. The molecule has 3 saturated carbocycles. The fraction of sp³-hybridized carbons (Fsp3) is 1.00. The third-order valence-corrected chi connectivity index (χ3v) is 8.58. The molecule has 0 saturated heterocycles. The summed E-state index contributed by atoms with van der Waals surface area (Å²) in [6.07, 6.45) is 21.0. The molecule has 0 spiro atoms. The van der Waals surface area contributed by atoms with Crippen molar-refractivity contribution in [1.82, 2.24) is 0 Å². The van der Waals surface area contributed by atoms with Gasteiger partial charge in [-0.05, 0) is 80.5 Å². The van der Waals surface area contributed by atoms with Gasteiger partial charge >= 0.3 is 0 Å². The molecule has 0 aromatic carbocycles. The molecule has 1 heteroatoms. The van der Waals surface area contributed by atoms with Gasteiger partial charge in [-0.15, -0.1) is 0 Å². The highest BCUT2D eigenvalue weighted by Crippen LogP contribution is 2.47. The van der Waals surface area contributed by atoms with Crippen LogP contribution in [0.1, 0.15) is 117 Å². The van der Waals surface area contributed by atoms with Gasteiger partial charge in [0.2, 0.25) is 0 Å². The maximum Gasteiger partial charge on any atom is 0.103 e. The molecule has 0 radical (unpaired) electrons. The highest BCUT2D eigenvalue weighted by atomic mass is 19.1. The zero-order valence-corrected chi connectivity index (χ0v) is 17.7. The summed E-state index contributed by atoms with van der Waals surface area (Å²) in [7, 11) is 0.